The average molecular weight is 668 g/mol. The first-order chi connectivity index (χ1) is 22.8. The molecule has 2 unspecified atom stereocenters. The monoisotopic (exact) mass is 667 g/mol. The largest absolute Gasteiger partial charge is 0.508 e. The van der Waals surface area contributed by atoms with Crippen molar-refractivity contribution in [3.8, 4) is 17.1 Å². The maximum Gasteiger partial charge on any atom is 0.333 e. The molecule has 3 N–H and O–H groups in total. The Morgan fingerprint density at radius 2 is 1.83 bits per heavy atom. The number of aliphatic carboxylic acids is 1. The van der Waals surface area contributed by atoms with Crippen molar-refractivity contribution in [2.24, 2.45) is 0 Å². The molecule has 2 aromatic heterocycles. The molecular weight excluding hydrogens is 622 g/mol. The highest BCUT2D eigenvalue weighted by Crippen LogP contribution is 2.39. The Morgan fingerprint density at radius 1 is 1.17 bits per heavy atom. The molecule has 0 fully saturated rings. The number of aldehydes is 1. The van der Waals surface area contributed by atoms with Crippen LogP contribution in [0.4, 0.5) is 0 Å². The Hall–Kier alpha value is -4.88. The van der Waals surface area contributed by atoms with Gasteiger partial charge in [-0.15, -0.1) is 0 Å². The lowest BCUT2D eigenvalue weighted by atomic mass is 9.90. The molecule has 13 nitrogen and oxygen atoms in total. The summed E-state index contributed by atoms with van der Waals surface area (Å²) in [5, 5.41) is 26.1. The number of aliphatic hydroxyl groups is 1. The van der Waals surface area contributed by atoms with E-state index in [0.717, 1.165) is 52.5 Å². The molecule has 0 saturated carbocycles. The van der Waals surface area contributed by atoms with Gasteiger partial charge in [0.15, 0.2) is 0 Å². The number of hydrogen-bond acceptors (Lipinski definition) is 10. The second-order valence-corrected chi connectivity index (χ2v) is 11.2. The van der Waals surface area contributed by atoms with Gasteiger partial charge in [-0.2, -0.15) is 0 Å². The third-order valence-corrected chi connectivity index (χ3v) is 8.16. The van der Waals surface area contributed by atoms with Crippen molar-refractivity contribution in [3.05, 3.63) is 69.0 Å². The van der Waals surface area contributed by atoms with Crippen LogP contribution in [0.1, 0.15) is 69.2 Å². The number of carboxylic acid groups (broad SMARTS) is 1. The molecule has 4 heterocycles. The summed E-state index contributed by atoms with van der Waals surface area (Å²) < 4.78 is 11.7. The summed E-state index contributed by atoms with van der Waals surface area (Å²) in [5.74, 6) is -1.49. The Labute approximate surface area is 279 Å². The molecule has 1 amide bonds. The quantitative estimate of drug-likeness (QED) is 0.135. The van der Waals surface area contributed by atoms with Crippen molar-refractivity contribution in [1.82, 2.24) is 14.5 Å². The van der Waals surface area contributed by atoms with E-state index in [2.05, 4.69) is 13.5 Å². The molecule has 2 atom stereocenters. The van der Waals surface area contributed by atoms with Crippen molar-refractivity contribution in [2.45, 2.75) is 78.7 Å². The fraction of sp³-hybridized carbons (Fsp3) is 0.429. The molecular formula is C35H45N3O10. The van der Waals surface area contributed by atoms with Gasteiger partial charge in [0.25, 0.3) is 5.56 Å². The Morgan fingerprint density at radius 3 is 2.31 bits per heavy atom. The third kappa shape index (κ3) is 8.52. The lowest BCUT2D eigenvalue weighted by molar-refractivity contribution is -0.148. The number of methoxy groups -OCH3 is 1. The number of benzene rings is 1. The van der Waals surface area contributed by atoms with Crippen LogP contribution in [0.15, 0.2) is 41.2 Å². The van der Waals surface area contributed by atoms with Gasteiger partial charge in [-0.1, -0.05) is 20.4 Å². The predicted octanol–water partition coefficient (Wildman–Crippen LogP) is 3.57. The molecule has 5 rings (SSSR count). The van der Waals surface area contributed by atoms with Gasteiger partial charge < -0.3 is 39.1 Å². The van der Waals surface area contributed by atoms with Crippen LogP contribution in [0.3, 0.4) is 0 Å². The smallest absolute Gasteiger partial charge is 0.333 e. The number of phenols is 1. The number of hydrogen-bond donors (Lipinski definition) is 3. The maximum atomic E-state index is 13.2. The third-order valence-electron chi connectivity index (χ3n) is 8.16. The van der Waals surface area contributed by atoms with E-state index in [1.807, 2.05) is 26.8 Å². The van der Waals surface area contributed by atoms with Crippen LogP contribution >= 0.6 is 0 Å². The normalized spacial score (nSPS) is 14.3. The zero-order chi connectivity index (χ0) is 36.3. The van der Waals surface area contributed by atoms with Crippen LogP contribution in [0.2, 0.25) is 0 Å². The maximum absolute atomic E-state index is 13.2. The minimum Gasteiger partial charge on any atom is -0.508 e. The van der Waals surface area contributed by atoms with Gasteiger partial charge in [0.05, 0.1) is 53.2 Å². The lowest BCUT2D eigenvalue weighted by Gasteiger charge is -2.24. The summed E-state index contributed by atoms with van der Waals surface area (Å²) in [4.78, 5) is 61.7. The second-order valence-electron chi connectivity index (χ2n) is 11.2. The van der Waals surface area contributed by atoms with E-state index in [-0.39, 0.29) is 42.0 Å². The number of ether oxygens (including phenoxy) is 2. The van der Waals surface area contributed by atoms with Crippen LogP contribution in [0, 0.1) is 0 Å². The van der Waals surface area contributed by atoms with Crippen molar-refractivity contribution in [1.29, 1.82) is 0 Å². The molecule has 0 spiro atoms. The molecule has 3 aromatic rings. The lowest BCUT2D eigenvalue weighted by Crippen LogP contribution is -2.32. The number of carbonyl (C=O) groups excluding carboxylic acids is 3. The number of amides is 1. The number of aromatic hydroxyl groups is 1. The number of fused-ring (bicyclic) bond motifs is 5. The molecule has 48 heavy (non-hydrogen) atoms. The summed E-state index contributed by atoms with van der Waals surface area (Å²) >= 11 is 0. The zero-order valence-electron chi connectivity index (χ0n) is 28.5. The minimum absolute atomic E-state index is 0.0318. The predicted molar refractivity (Wildman–Crippen MR) is 180 cm³/mol. The number of phenolic OH excluding ortho intramolecular Hbond substituents is 1. The van der Waals surface area contributed by atoms with Crippen LogP contribution in [-0.2, 0) is 48.2 Å². The van der Waals surface area contributed by atoms with Gasteiger partial charge in [0, 0.05) is 31.2 Å². The van der Waals surface area contributed by atoms with Gasteiger partial charge >= 0.3 is 11.9 Å². The minimum atomic E-state index is -1.01. The van der Waals surface area contributed by atoms with Crippen LogP contribution in [-0.4, -0.2) is 87.3 Å². The molecule has 13 heteroatoms. The molecule has 1 aromatic carbocycles. The SMILES string of the molecule is C=C(C(=O)O)C(C)OC.CC(C)N(C=O)CC=O.CCc1c2c(nc3ccc(O)cc13)-c1cc3c(c(=O)n1C2)COC(=O)C3CC.CO. The number of pyridine rings is 2. The fourth-order valence-corrected chi connectivity index (χ4v) is 5.35. The number of cyclic esters (lactones) is 1. The number of nitrogens with zero attached hydrogens (tertiary/aromatic N) is 3. The van der Waals surface area contributed by atoms with Crippen LogP contribution in [0.5, 0.6) is 5.75 Å². The van der Waals surface area contributed by atoms with Crippen molar-refractivity contribution in [2.75, 3.05) is 20.8 Å². The van der Waals surface area contributed by atoms with E-state index in [4.69, 9.17) is 24.7 Å². The standard InChI is InChI=1S/C22H20N2O4.C6H11NO2.C6H10O3.CH4O/c1-3-12-15-7-11(25)5-6-18(15)23-20-16(12)9-24-19(20)8-14-13(4-2)22(27)28-10-17(14)21(24)26;1-6(2)7(5-9)3-4-8;1-4(6(7)8)5(2)9-3;1-2/h5-8,13,25H,3-4,9-10H2,1-2H3;4-6H,3H2,1-2H3;5H,1H2,2-3H3,(H,7,8);2H,1H3. The topological polar surface area (TPSA) is 186 Å². The average Bonchev–Trinajstić information content (AvgIpc) is 3.45. The Bertz CT molecular complexity index is 1710. The van der Waals surface area contributed by atoms with E-state index in [1.54, 1.807) is 29.7 Å². The zero-order valence-corrected chi connectivity index (χ0v) is 28.5. The molecule has 2 aliphatic heterocycles. The molecule has 260 valence electrons. The van der Waals surface area contributed by atoms with E-state index >= 15 is 0 Å². The van der Waals surface area contributed by atoms with E-state index in [1.165, 1.54) is 12.0 Å². The molecule has 2 aliphatic rings. The van der Waals surface area contributed by atoms with E-state index < -0.39 is 18.0 Å². The molecule has 0 saturated heterocycles. The summed E-state index contributed by atoms with van der Waals surface area (Å²) in [6, 6.07) is 7.23. The highest BCUT2D eigenvalue weighted by molar-refractivity contribution is 5.89. The van der Waals surface area contributed by atoms with Crippen LogP contribution in [0.25, 0.3) is 22.3 Å². The number of aromatic nitrogens is 2. The van der Waals surface area contributed by atoms with Gasteiger partial charge in [0.1, 0.15) is 18.6 Å². The first-order valence-corrected chi connectivity index (χ1v) is 15.5. The van der Waals surface area contributed by atoms with Gasteiger partial charge in [-0.05, 0) is 69.0 Å². The summed E-state index contributed by atoms with van der Waals surface area (Å²) in [6.07, 6.45) is 2.36. The number of carbonyl (C=O) groups is 4. The number of carboxylic acids is 1. The Balaban J connectivity index is 0.000000332. The summed E-state index contributed by atoms with van der Waals surface area (Å²) in [6.45, 7) is 13.3. The highest BCUT2D eigenvalue weighted by Gasteiger charge is 2.34. The number of rotatable bonds is 9. The van der Waals surface area contributed by atoms with E-state index in [9.17, 15) is 29.1 Å². The van der Waals surface area contributed by atoms with Gasteiger partial charge in [-0.25, -0.2) is 9.78 Å². The number of aryl methyl sites for hydroxylation is 1. The first kappa shape index (κ1) is 39.3. The van der Waals surface area contributed by atoms with Crippen molar-refractivity contribution in [3.63, 3.8) is 0 Å². The highest BCUT2D eigenvalue weighted by atomic mass is 16.5. The van der Waals surface area contributed by atoms with E-state index in [0.29, 0.717) is 31.2 Å². The van der Waals surface area contributed by atoms with Gasteiger partial charge in [0.2, 0.25) is 6.41 Å². The summed E-state index contributed by atoms with van der Waals surface area (Å²) in [7, 11) is 2.44. The molecule has 0 radical (unpaired) electrons. The second kappa shape index (κ2) is 17.9. The van der Waals surface area contributed by atoms with Crippen molar-refractivity contribution < 1.29 is 44.0 Å². The molecule has 0 bridgehead atoms. The first-order valence-electron chi connectivity index (χ1n) is 15.5. The number of esters is 1. The Kier molecular flexibility index (Phi) is 14.6. The van der Waals surface area contributed by atoms with Crippen molar-refractivity contribution >= 4 is 35.5 Å². The fourth-order valence-electron chi connectivity index (χ4n) is 5.35. The molecule has 0 aliphatic carbocycles. The number of aliphatic hydroxyl groups excluding tert-OH is 1. The summed E-state index contributed by atoms with van der Waals surface area (Å²) in [5.41, 5.74) is 5.77. The van der Waals surface area contributed by atoms with Crippen LogP contribution < -0.4 is 5.56 Å². The van der Waals surface area contributed by atoms with Gasteiger partial charge in [-0.3, -0.25) is 14.4 Å².